The first-order valence-electron chi connectivity index (χ1n) is 9.10. The molecule has 4 nitrogen and oxygen atoms in total. The molecule has 0 saturated carbocycles. The number of benzene rings is 2. The van der Waals surface area contributed by atoms with Crippen LogP contribution in [0.15, 0.2) is 48.5 Å². The second kappa shape index (κ2) is 8.73. The molecule has 1 fully saturated rings. The third-order valence-electron chi connectivity index (χ3n) is 4.70. The van der Waals surface area contributed by atoms with E-state index in [9.17, 15) is 18.4 Å². The highest BCUT2D eigenvalue weighted by atomic mass is 32.2. The molecule has 2 aromatic carbocycles. The highest BCUT2D eigenvalue weighted by Crippen LogP contribution is 2.39. The fourth-order valence-electron chi connectivity index (χ4n) is 3.20. The van der Waals surface area contributed by atoms with Crippen LogP contribution in [0.4, 0.5) is 8.78 Å². The zero-order valence-corrected chi connectivity index (χ0v) is 16.6. The van der Waals surface area contributed by atoms with Crippen molar-refractivity contribution in [2.24, 2.45) is 0 Å². The van der Waals surface area contributed by atoms with Gasteiger partial charge in [0.2, 0.25) is 5.91 Å². The molecule has 1 atom stereocenters. The molecule has 0 aliphatic carbocycles. The Bertz CT molecular complexity index is 858. The predicted molar refractivity (Wildman–Crippen MR) is 106 cm³/mol. The van der Waals surface area contributed by atoms with Gasteiger partial charge in [-0.2, -0.15) is 0 Å². The first-order chi connectivity index (χ1) is 13.4. The van der Waals surface area contributed by atoms with Gasteiger partial charge in [0.15, 0.2) is 0 Å². The Labute approximate surface area is 167 Å². The first kappa shape index (κ1) is 20.3. The molecule has 2 aromatic rings. The molecule has 1 heterocycles. The van der Waals surface area contributed by atoms with E-state index in [0.29, 0.717) is 24.2 Å². The van der Waals surface area contributed by atoms with E-state index in [1.165, 1.54) is 42.1 Å². The van der Waals surface area contributed by atoms with Gasteiger partial charge in [0.1, 0.15) is 17.0 Å². The average Bonchev–Trinajstić information content (AvgIpc) is 3.03. The van der Waals surface area contributed by atoms with Gasteiger partial charge in [0.05, 0.1) is 5.75 Å². The zero-order valence-electron chi connectivity index (χ0n) is 15.8. The SMILES string of the molecule is CC(C)N(CCN1C(=O)CSC1c1ccccc1F)C(=O)c1ccc(F)cc1. The standard InChI is InChI=1S/C21H22F2N2O2S/c1-14(2)24(20(27)15-7-9-16(22)10-8-15)11-12-25-19(26)13-28-21(25)17-5-3-4-6-18(17)23/h3-10,14,21H,11-13H2,1-2H3. The molecule has 1 aliphatic rings. The zero-order chi connectivity index (χ0) is 20.3. The summed E-state index contributed by atoms with van der Waals surface area (Å²) >= 11 is 1.38. The molecule has 28 heavy (non-hydrogen) atoms. The Morgan fingerprint density at radius 3 is 2.50 bits per heavy atom. The molecule has 0 aromatic heterocycles. The molecule has 0 bridgehead atoms. The van der Waals surface area contributed by atoms with Gasteiger partial charge < -0.3 is 9.80 Å². The van der Waals surface area contributed by atoms with Crippen LogP contribution in [0.5, 0.6) is 0 Å². The number of halogens is 2. The van der Waals surface area contributed by atoms with E-state index in [1.807, 2.05) is 13.8 Å². The van der Waals surface area contributed by atoms with Crippen molar-refractivity contribution in [2.45, 2.75) is 25.3 Å². The Morgan fingerprint density at radius 2 is 1.86 bits per heavy atom. The van der Waals surface area contributed by atoms with Crippen LogP contribution in [0.1, 0.15) is 35.1 Å². The lowest BCUT2D eigenvalue weighted by Gasteiger charge is -2.31. The molecule has 2 amide bonds. The summed E-state index contributed by atoms with van der Waals surface area (Å²) in [4.78, 5) is 28.5. The summed E-state index contributed by atoms with van der Waals surface area (Å²) in [5.41, 5.74) is 0.863. The number of carbonyl (C=O) groups is 2. The second-order valence-electron chi connectivity index (χ2n) is 6.87. The normalized spacial score (nSPS) is 16.7. The van der Waals surface area contributed by atoms with Gasteiger partial charge in [-0.15, -0.1) is 11.8 Å². The van der Waals surface area contributed by atoms with Crippen LogP contribution in [0.25, 0.3) is 0 Å². The molecule has 1 aliphatic heterocycles. The van der Waals surface area contributed by atoms with Gasteiger partial charge >= 0.3 is 0 Å². The van der Waals surface area contributed by atoms with Crippen molar-refractivity contribution in [1.29, 1.82) is 0 Å². The van der Waals surface area contributed by atoms with Crippen LogP contribution in [-0.2, 0) is 4.79 Å². The summed E-state index contributed by atoms with van der Waals surface area (Å²) in [7, 11) is 0. The molecule has 7 heteroatoms. The van der Waals surface area contributed by atoms with Crippen molar-refractivity contribution in [3.63, 3.8) is 0 Å². The molecule has 0 spiro atoms. The van der Waals surface area contributed by atoms with Gasteiger partial charge in [-0.1, -0.05) is 18.2 Å². The smallest absolute Gasteiger partial charge is 0.254 e. The maximum atomic E-state index is 14.2. The van der Waals surface area contributed by atoms with Crippen molar-refractivity contribution >= 4 is 23.6 Å². The minimum atomic E-state index is -0.403. The van der Waals surface area contributed by atoms with Crippen molar-refractivity contribution < 1.29 is 18.4 Å². The van der Waals surface area contributed by atoms with Crippen LogP contribution in [0.2, 0.25) is 0 Å². The number of rotatable bonds is 6. The molecule has 0 radical (unpaired) electrons. The first-order valence-corrected chi connectivity index (χ1v) is 10.2. The number of thioether (sulfide) groups is 1. The van der Waals surface area contributed by atoms with Crippen LogP contribution in [0.3, 0.4) is 0 Å². The molecule has 1 saturated heterocycles. The van der Waals surface area contributed by atoms with Crippen molar-refractivity contribution in [1.82, 2.24) is 9.80 Å². The Hall–Kier alpha value is -2.41. The van der Waals surface area contributed by atoms with Crippen LogP contribution < -0.4 is 0 Å². The lowest BCUT2D eigenvalue weighted by Crippen LogP contribution is -2.43. The minimum Gasteiger partial charge on any atom is -0.334 e. The summed E-state index contributed by atoms with van der Waals surface area (Å²) in [6.07, 6.45) is 0. The largest absolute Gasteiger partial charge is 0.334 e. The van der Waals surface area contributed by atoms with Crippen molar-refractivity contribution in [3.8, 4) is 0 Å². The quantitative estimate of drug-likeness (QED) is 0.728. The van der Waals surface area contributed by atoms with Gasteiger partial charge in [0.25, 0.3) is 5.91 Å². The predicted octanol–water partition coefficient (Wildman–Crippen LogP) is 4.09. The van der Waals surface area contributed by atoms with E-state index in [2.05, 4.69) is 0 Å². The van der Waals surface area contributed by atoms with E-state index < -0.39 is 11.2 Å². The Morgan fingerprint density at radius 1 is 1.18 bits per heavy atom. The minimum absolute atomic E-state index is 0.0730. The molecule has 148 valence electrons. The topological polar surface area (TPSA) is 40.6 Å². The Kier molecular flexibility index (Phi) is 6.34. The number of amides is 2. The van der Waals surface area contributed by atoms with Gasteiger partial charge in [-0.05, 0) is 44.2 Å². The second-order valence-corrected chi connectivity index (χ2v) is 7.94. The third kappa shape index (κ3) is 4.35. The van der Waals surface area contributed by atoms with E-state index in [0.717, 1.165) is 0 Å². The fraction of sp³-hybridized carbons (Fsp3) is 0.333. The summed E-state index contributed by atoms with van der Waals surface area (Å²) in [5, 5.41) is -0.399. The highest BCUT2D eigenvalue weighted by Gasteiger charge is 2.34. The number of carbonyl (C=O) groups excluding carboxylic acids is 2. The van der Waals surface area contributed by atoms with Crippen LogP contribution >= 0.6 is 11.8 Å². The summed E-state index contributed by atoms with van der Waals surface area (Å²) < 4.78 is 27.3. The number of hydrogen-bond donors (Lipinski definition) is 0. The Balaban J connectivity index is 1.75. The van der Waals surface area contributed by atoms with Crippen LogP contribution in [0, 0.1) is 11.6 Å². The lowest BCUT2D eigenvalue weighted by atomic mass is 10.1. The summed E-state index contributed by atoms with van der Waals surface area (Å²) in [6.45, 7) is 4.38. The number of hydrogen-bond acceptors (Lipinski definition) is 3. The maximum absolute atomic E-state index is 14.2. The summed E-state index contributed by atoms with van der Waals surface area (Å²) in [5.74, 6) is -0.761. The highest BCUT2D eigenvalue weighted by molar-refractivity contribution is 8.00. The van der Waals surface area contributed by atoms with Crippen LogP contribution in [-0.4, -0.2) is 46.5 Å². The van der Waals surface area contributed by atoms with E-state index in [1.54, 1.807) is 28.0 Å². The third-order valence-corrected chi connectivity index (χ3v) is 5.93. The van der Waals surface area contributed by atoms with Crippen molar-refractivity contribution in [2.75, 3.05) is 18.8 Å². The van der Waals surface area contributed by atoms with E-state index in [4.69, 9.17) is 0 Å². The van der Waals surface area contributed by atoms with E-state index >= 15 is 0 Å². The average molecular weight is 404 g/mol. The monoisotopic (exact) mass is 404 g/mol. The summed E-state index contributed by atoms with van der Waals surface area (Å²) in [6, 6.07) is 11.7. The number of nitrogens with zero attached hydrogens (tertiary/aromatic N) is 2. The fourth-order valence-corrected chi connectivity index (χ4v) is 4.44. The molecule has 0 N–H and O–H groups in total. The molecular weight excluding hydrogens is 382 g/mol. The lowest BCUT2D eigenvalue weighted by molar-refractivity contribution is -0.128. The van der Waals surface area contributed by atoms with Gasteiger partial charge in [-0.25, -0.2) is 8.78 Å². The maximum Gasteiger partial charge on any atom is 0.254 e. The van der Waals surface area contributed by atoms with Gasteiger partial charge in [-0.3, -0.25) is 9.59 Å². The van der Waals surface area contributed by atoms with Crippen molar-refractivity contribution in [3.05, 3.63) is 71.3 Å². The van der Waals surface area contributed by atoms with E-state index in [-0.39, 0.29) is 29.4 Å². The molecule has 1 unspecified atom stereocenters. The van der Waals surface area contributed by atoms with Gasteiger partial charge in [0, 0.05) is 30.3 Å². The molecular formula is C21H22F2N2O2S. The molecule has 3 rings (SSSR count).